The van der Waals surface area contributed by atoms with E-state index in [2.05, 4.69) is 5.16 Å². The molecule has 4 nitrogen and oxygen atoms in total. The Kier molecular flexibility index (Phi) is 4.77. The quantitative estimate of drug-likeness (QED) is 0.677. The van der Waals surface area contributed by atoms with Gasteiger partial charge in [-0.25, -0.2) is 4.39 Å². The fraction of sp³-hybridized carbons (Fsp3) is 0.188. The first-order valence-electron chi connectivity index (χ1n) is 6.38. The Bertz CT molecular complexity index is 656. The second-order valence-electron chi connectivity index (χ2n) is 4.47. The van der Waals surface area contributed by atoms with Gasteiger partial charge in [-0.3, -0.25) is 0 Å². The van der Waals surface area contributed by atoms with E-state index in [0.717, 1.165) is 0 Å². The Labute approximate surface area is 122 Å². The Morgan fingerprint density at radius 1 is 1.24 bits per heavy atom. The molecular formula is C16H16FNO3. The zero-order valence-corrected chi connectivity index (χ0v) is 11.8. The SMILES string of the molecule is COc1ccc(/C(C)=N\OCc2cccc(F)c2)cc1O. The van der Waals surface area contributed by atoms with Gasteiger partial charge in [0.05, 0.1) is 12.8 Å². The van der Waals surface area contributed by atoms with Crippen LogP contribution in [0.15, 0.2) is 47.6 Å². The molecule has 0 aliphatic rings. The van der Waals surface area contributed by atoms with Crippen LogP contribution in [-0.4, -0.2) is 17.9 Å². The molecule has 0 heterocycles. The van der Waals surface area contributed by atoms with Crippen LogP contribution in [0.3, 0.4) is 0 Å². The van der Waals surface area contributed by atoms with Crippen molar-refractivity contribution in [3.8, 4) is 11.5 Å². The molecule has 2 rings (SSSR count). The summed E-state index contributed by atoms with van der Waals surface area (Å²) in [5, 5.41) is 13.7. The molecule has 2 aromatic carbocycles. The summed E-state index contributed by atoms with van der Waals surface area (Å²) < 4.78 is 18.0. The van der Waals surface area contributed by atoms with E-state index in [1.807, 2.05) is 0 Å². The molecule has 0 unspecified atom stereocenters. The molecule has 0 aliphatic heterocycles. The molecule has 0 fully saturated rings. The summed E-state index contributed by atoms with van der Waals surface area (Å²) in [6.07, 6.45) is 0. The molecule has 21 heavy (non-hydrogen) atoms. The maximum Gasteiger partial charge on any atom is 0.160 e. The highest BCUT2D eigenvalue weighted by atomic mass is 19.1. The molecule has 0 aromatic heterocycles. The fourth-order valence-corrected chi connectivity index (χ4v) is 1.80. The number of halogens is 1. The predicted molar refractivity (Wildman–Crippen MR) is 78.1 cm³/mol. The van der Waals surface area contributed by atoms with Crippen LogP contribution < -0.4 is 4.74 Å². The normalized spacial score (nSPS) is 11.3. The number of rotatable bonds is 5. The van der Waals surface area contributed by atoms with Crippen LogP contribution >= 0.6 is 0 Å². The van der Waals surface area contributed by atoms with E-state index in [0.29, 0.717) is 22.6 Å². The largest absolute Gasteiger partial charge is 0.504 e. The van der Waals surface area contributed by atoms with Gasteiger partial charge in [0.15, 0.2) is 11.5 Å². The maximum absolute atomic E-state index is 13.0. The van der Waals surface area contributed by atoms with Crippen molar-refractivity contribution in [1.82, 2.24) is 0 Å². The van der Waals surface area contributed by atoms with E-state index < -0.39 is 0 Å². The third kappa shape index (κ3) is 3.95. The van der Waals surface area contributed by atoms with Crippen molar-refractivity contribution in [2.45, 2.75) is 13.5 Å². The second-order valence-corrected chi connectivity index (χ2v) is 4.47. The Balaban J connectivity index is 2.02. The molecule has 2 aromatic rings. The summed E-state index contributed by atoms with van der Waals surface area (Å²) in [5.74, 6) is 0.124. The van der Waals surface area contributed by atoms with Gasteiger partial charge in [-0.1, -0.05) is 17.3 Å². The first kappa shape index (κ1) is 14.8. The molecule has 1 N–H and O–H groups in total. The highest BCUT2D eigenvalue weighted by molar-refractivity contribution is 5.98. The van der Waals surface area contributed by atoms with Gasteiger partial charge in [-0.2, -0.15) is 0 Å². The number of phenols is 1. The van der Waals surface area contributed by atoms with Crippen LogP contribution in [0.4, 0.5) is 4.39 Å². The molecule has 110 valence electrons. The molecule has 0 atom stereocenters. The van der Waals surface area contributed by atoms with Crippen molar-refractivity contribution in [2.24, 2.45) is 5.16 Å². The van der Waals surface area contributed by atoms with E-state index >= 15 is 0 Å². The van der Waals surface area contributed by atoms with E-state index in [1.165, 1.54) is 19.2 Å². The van der Waals surface area contributed by atoms with Gasteiger partial charge in [0.2, 0.25) is 0 Å². The van der Waals surface area contributed by atoms with Crippen LogP contribution in [0.1, 0.15) is 18.1 Å². The topological polar surface area (TPSA) is 51.0 Å². The lowest BCUT2D eigenvalue weighted by Gasteiger charge is -2.06. The van der Waals surface area contributed by atoms with Gasteiger partial charge in [0.1, 0.15) is 12.4 Å². The van der Waals surface area contributed by atoms with E-state index in [-0.39, 0.29) is 18.2 Å². The van der Waals surface area contributed by atoms with Gasteiger partial charge in [0.25, 0.3) is 0 Å². The third-order valence-electron chi connectivity index (χ3n) is 2.92. The smallest absolute Gasteiger partial charge is 0.160 e. The number of nitrogens with zero attached hydrogens (tertiary/aromatic N) is 1. The Morgan fingerprint density at radius 2 is 2.05 bits per heavy atom. The molecule has 0 spiro atoms. The molecule has 0 aliphatic carbocycles. The molecule has 0 amide bonds. The number of hydrogen-bond donors (Lipinski definition) is 1. The average Bonchev–Trinajstić information content (AvgIpc) is 2.47. The standard InChI is InChI=1S/C16H16FNO3/c1-11(13-6-7-16(20-2)15(19)9-13)18-21-10-12-4-3-5-14(17)8-12/h3-9,19H,10H2,1-2H3/b18-11-. The lowest BCUT2D eigenvalue weighted by atomic mass is 10.1. The summed E-state index contributed by atoms with van der Waals surface area (Å²) in [4.78, 5) is 5.20. The van der Waals surface area contributed by atoms with Gasteiger partial charge in [-0.15, -0.1) is 0 Å². The zero-order valence-electron chi connectivity index (χ0n) is 11.8. The number of aromatic hydroxyl groups is 1. The van der Waals surface area contributed by atoms with Crippen LogP contribution in [0.25, 0.3) is 0 Å². The summed E-state index contributed by atoms with van der Waals surface area (Å²) in [6.45, 7) is 1.93. The molecule has 5 heteroatoms. The summed E-state index contributed by atoms with van der Waals surface area (Å²) in [7, 11) is 1.48. The number of phenolic OH excluding ortho intramolecular Hbond substituents is 1. The highest BCUT2D eigenvalue weighted by Gasteiger charge is 2.05. The van der Waals surface area contributed by atoms with E-state index in [1.54, 1.807) is 37.3 Å². The number of oxime groups is 1. The van der Waals surface area contributed by atoms with E-state index in [4.69, 9.17) is 9.57 Å². The van der Waals surface area contributed by atoms with Gasteiger partial charge in [-0.05, 0) is 42.8 Å². The molecule has 0 radical (unpaired) electrons. The van der Waals surface area contributed by atoms with Crippen molar-refractivity contribution in [2.75, 3.05) is 7.11 Å². The molecular weight excluding hydrogens is 273 g/mol. The first-order chi connectivity index (χ1) is 10.1. The zero-order chi connectivity index (χ0) is 15.2. The fourth-order valence-electron chi connectivity index (χ4n) is 1.80. The van der Waals surface area contributed by atoms with Gasteiger partial charge >= 0.3 is 0 Å². The van der Waals surface area contributed by atoms with Gasteiger partial charge in [0, 0.05) is 5.56 Å². The molecule has 0 bridgehead atoms. The van der Waals surface area contributed by atoms with Gasteiger partial charge < -0.3 is 14.7 Å². The third-order valence-corrected chi connectivity index (χ3v) is 2.92. The van der Waals surface area contributed by atoms with Crippen LogP contribution in [0, 0.1) is 5.82 Å². The number of ether oxygens (including phenoxy) is 1. The minimum Gasteiger partial charge on any atom is -0.504 e. The lowest BCUT2D eigenvalue weighted by Crippen LogP contribution is -1.97. The minimum atomic E-state index is -0.308. The number of hydrogen-bond acceptors (Lipinski definition) is 4. The molecule has 0 saturated carbocycles. The summed E-state index contributed by atoms with van der Waals surface area (Å²) in [5.41, 5.74) is 2.01. The Morgan fingerprint density at radius 3 is 2.71 bits per heavy atom. The van der Waals surface area contributed by atoms with Crippen molar-refractivity contribution < 1.29 is 19.1 Å². The van der Waals surface area contributed by atoms with Crippen molar-refractivity contribution in [3.05, 3.63) is 59.4 Å². The summed E-state index contributed by atoms with van der Waals surface area (Å²) >= 11 is 0. The maximum atomic E-state index is 13.0. The second kappa shape index (κ2) is 6.74. The van der Waals surface area contributed by atoms with Crippen LogP contribution in [0.5, 0.6) is 11.5 Å². The van der Waals surface area contributed by atoms with E-state index in [9.17, 15) is 9.50 Å². The average molecular weight is 289 g/mol. The lowest BCUT2D eigenvalue weighted by molar-refractivity contribution is 0.130. The predicted octanol–water partition coefficient (Wildman–Crippen LogP) is 3.48. The number of methoxy groups -OCH3 is 1. The minimum absolute atomic E-state index is 0.0367. The van der Waals surface area contributed by atoms with Crippen LogP contribution in [0.2, 0.25) is 0 Å². The summed E-state index contributed by atoms with van der Waals surface area (Å²) in [6, 6.07) is 11.1. The van der Waals surface area contributed by atoms with Crippen molar-refractivity contribution in [1.29, 1.82) is 0 Å². The number of benzene rings is 2. The molecule has 0 saturated heterocycles. The Hall–Kier alpha value is -2.56. The monoisotopic (exact) mass is 289 g/mol. The first-order valence-corrected chi connectivity index (χ1v) is 6.38. The van der Waals surface area contributed by atoms with Crippen molar-refractivity contribution >= 4 is 5.71 Å². The van der Waals surface area contributed by atoms with Crippen molar-refractivity contribution in [3.63, 3.8) is 0 Å². The van der Waals surface area contributed by atoms with Crippen LogP contribution in [-0.2, 0) is 11.4 Å². The highest BCUT2D eigenvalue weighted by Crippen LogP contribution is 2.26.